The maximum Gasteiger partial charge on any atom is 0.296 e. The molecule has 1 aliphatic rings. The van der Waals surface area contributed by atoms with Crippen molar-refractivity contribution in [2.75, 3.05) is 7.11 Å². The highest BCUT2D eigenvalue weighted by Crippen LogP contribution is 2.44. The summed E-state index contributed by atoms with van der Waals surface area (Å²) in [5.74, 6) is -0.630. The number of hydrogen-bond donors (Lipinski definition) is 1. The molecule has 3 aromatic carbocycles. The van der Waals surface area contributed by atoms with Gasteiger partial charge in [0, 0.05) is 11.1 Å². The van der Waals surface area contributed by atoms with Gasteiger partial charge in [0.05, 0.1) is 31.5 Å². The van der Waals surface area contributed by atoms with Crippen LogP contribution in [0.5, 0.6) is 5.75 Å². The van der Waals surface area contributed by atoms with E-state index in [1.165, 1.54) is 18.3 Å². The lowest BCUT2D eigenvalue weighted by Gasteiger charge is -2.26. The number of ether oxygens (including phenoxy) is 1. The van der Waals surface area contributed by atoms with E-state index in [1.54, 1.807) is 30.3 Å². The lowest BCUT2D eigenvalue weighted by Crippen LogP contribution is -2.29. The third-order valence-electron chi connectivity index (χ3n) is 5.92. The van der Waals surface area contributed by atoms with Crippen LogP contribution in [-0.4, -0.2) is 28.8 Å². The molecule has 0 bridgehead atoms. The van der Waals surface area contributed by atoms with Gasteiger partial charge < -0.3 is 19.2 Å². The van der Waals surface area contributed by atoms with E-state index in [2.05, 4.69) is 0 Å². The van der Waals surface area contributed by atoms with Gasteiger partial charge in [0.25, 0.3) is 11.7 Å². The highest BCUT2D eigenvalue weighted by Gasteiger charge is 2.47. The van der Waals surface area contributed by atoms with Crippen LogP contribution < -0.4 is 4.74 Å². The van der Waals surface area contributed by atoms with Gasteiger partial charge in [0.1, 0.15) is 17.3 Å². The molecule has 1 amide bonds. The minimum Gasteiger partial charge on any atom is -0.507 e. The van der Waals surface area contributed by atoms with Gasteiger partial charge in [-0.2, -0.15) is 0 Å². The van der Waals surface area contributed by atoms with Gasteiger partial charge in [-0.15, -0.1) is 0 Å². The zero-order valence-electron chi connectivity index (χ0n) is 17.9. The second kappa shape index (κ2) is 8.31. The van der Waals surface area contributed by atoms with Crippen molar-refractivity contribution in [3.63, 3.8) is 0 Å². The monoisotopic (exact) mass is 439 g/mol. The van der Waals surface area contributed by atoms with Crippen LogP contribution in [0.15, 0.2) is 95.1 Å². The number of methoxy groups -OCH3 is 1. The Bertz CT molecular complexity index is 1380. The molecule has 2 heterocycles. The van der Waals surface area contributed by atoms with Crippen molar-refractivity contribution in [2.24, 2.45) is 0 Å². The van der Waals surface area contributed by atoms with E-state index in [9.17, 15) is 14.7 Å². The number of ketones is 1. The fourth-order valence-electron chi connectivity index (χ4n) is 4.41. The molecule has 1 aliphatic heterocycles. The summed E-state index contributed by atoms with van der Waals surface area (Å²) in [5.41, 5.74) is 1.11. The fraction of sp³-hybridized carbons (Fsp3) is 0.111. The Morgan fingerprint density at radius 3 is 2.52 bits per heavy atom. The molecule has 5 rings (SSSR count). The molecule has 1 N–H and O–H groups in total. The molecule has 4 aromatic rings. The molecular weight excluding hydrogens is 418 g/mol. The smallest absolute Gasteiger partial charge is 0.296 e. The molecule has 6 heteroatoms. The summed E-state index contributed by atoms with van der Waals surface area (Å²) >= 11 is 0. The van der Waals surface area contributed by atoms with E-state index >= 15 is 0 Å². The van der Waals surface area contributed by atoms with Crippen LogP contribution in [-0.2, 0) is 16.1 Å². The zero-order valence-corrected chi connectivity index (χ0v) is 17.9. The number of fused-ring (bicyclic) bond motifs is 1. The molecule has 0 saturated carbocycles. The Morgan fingerprint density at radius 2 is 1.73 bits per heavy atom. The molecule has 164 valence electrons. The second-order valence-electron chi connectivity index (χ2n) is 7.78. The number of Topliss-reactive ketones (excluding diaryl/α,β-unsaturated/α-hetero) is 1. The van der Waals surface area contributed by atoms with Crippen molar-refractivity contribution in [2.45, 2.75) is 12.6 Å². The average molecular weight is 439 g/mol. The Kier molecular flexibility index (Phi) is 5.18. The molecular formula is C27H21NO5. The number of amides is 1. The summed E-state index contributed by atoms with van der Waals surface area (Å²) in [6.07, 6.45) is 1.51. The summed E-state index contributed by atoms with van der Waals surface area (Å²) < 4.78 is 11.0. The van der Waals surface area contributed by atoms with Gasteiger partial charge in [-0.1, -0.05) is 60.7 Å². The summed E-state index contributed by atoms with van der Waals surface area (Å²) in [4.78, 5) is 27.9. The van der Waals surface area contributed by atoms with Crippen molar-refractivity contribution < 1.29 is 23.8 Å². The number of carbonyl (C=O) groups is 2. The number of aliphatic hydroxyl groups excluding tert-OH is 1. The number of carbonyl (C=O) groups excluding carboxylic acids is 2. The van der Waals surface area contributed by atoms with E-state index in [4.69, 9.17) is 9.15 Å². The first-order chi connectivity index (χ1) is 16.1. The third-order valence-corrected chi connectivity index (χ3v) is 5.92. The van der Waals surface area contributed by atoms with Gasteiger partial charge in [0.15, 0.2) is 0 Å². The number of furan rings is 1. The zero-order chi connectivity index (χ0) is 22.9. The van der Waals surface area contributed by atoms with Crippen molar-refractivity contribution >= 4 is 28.2 Å². The average Bonchev–Trinajstić information content (AvgIpc) is 3.45. The lowest BCUT2D eigenvalue weighted by molar-refractivity contribution is -0.140. The first-order valence-corrected chi connectivity index (χ1v) is 10.5. The minimum absolute atomic E-state index is 0.0207. The molecule has 0 radical (unpaired) electrons. The van der Waals surface area contributed by atoms with Crippen molar-refractivity contribution in [1.82, 2.24) is 4.90 Å². The Labute approximate surface area is 190 Å². The molecule has 1 aromatic heterocycles. The van der Waals surface area contributed by atoms with Crippen LogP contribution in [0.2, 0.25) is 0 Å². The molecule has 6 nitrogen and oxygen atoms in total. The van der Waals surface area contributed by atoms with Crippen molar-refractivity contribution in [1.29, 1.82) is 0 Å². The summed E-state index contributed by atoms with van der Waals surface area (Å²) in [5, 5.41) is 13.2. The van der Waals surface area contributed by atoms with E-state index in [0.717, 1.165) is 10.8 Å². The number of benzene rings is 3. The fourth-order valence-corrected chi connectivity index (χ4v) is 4.41. The van der Waals surface area contributed by atoms with Crippen molar-refractivity contribution in [3.8, 4) is 5.75 Å². The van der Waals surface area contributed by atoms with Crippen LogP contribution in [0.3, 0.4) is 0 Å². The van der Waals surface area contributed by atoms with Gasteiger partial charge in [0.2, 0.25) is 0 Å². The maximum atomic E-state index is 13.3. The molecule has 33 heavy (non-hydrogen) atoms. The topological polar surface area (TPSA) is 80.0 Å². The first kappa shape index (κ1) is 20.6. The number of aliphatic hydroxyl groups is 1. The number of rotatable bonds is 5. The van der Waals surface area contributed by atoms with E-state index in [0.29, 0.717) is 22.6 Å². The summed E-state index contributed by atoms with van der Waals surface area (Å²) in [6.45, 7) is 0.0760. The molecule has 1 atom stereocenters. The Hall–Kier alpha value is -4.32. The highest BCUT2D eigenvalue weighted by atomic mass is 16.5. The SMILES string of the molecule is COc1ccccc1C1/C(=C(\O)c2cccc3ccccc23)C(=O)C(=O)N1Cc1ccco1. The molecule has 0 spiro atoms. The molecule has 0 aliphatic carbocycles. The highest BCUT2D eigenvalue weighted by molar-refractivity contribution is 6.46. The molecule has 1 fully saturated rings. The minimum atomic E-state index is -0.842. The predicted octanol–water partition coefficient (Wildman–Crippen LogP) is 5.06. The van der Waals surface area contributed by atoms with Crippen molar-refractivity contribution in [3.05, 3.63) is 108 Å². The molecule has 1 unspecified atom stereocenters. The summed E-state index contributed by atoms with van der Waals surface area (Å²) in [7, 11) is 1.53. The maximum absolute atomic E-state index is 13.3. The quantitative estimate of drug-likeness (QED) is 0.267. The van der Waals surface area contributed by atoms with Crippen LogP contribution in [0.4, 0.5) is 0 Å². The second-order valence-corrected chi connectivity index (χ2v) is 7.78. The van der Waals surface area contributed by atoms with Crippen LogP contribution >= 0.6 is 0 Å². The van der Waals surface area contributed by atoms with Crippen LogP contribution in [0.25, 0.3) is 16.5 Å². The van der Waals surface area contributed by atoms with Gasteiger partial charge >= 0.3 is 0 Å². The third kappa shape index (κ3) is 3.46. The normalized spacial score (nSPS) is 17.6. The number of hydrogen-bond acceptors (Lipinski definition) is 5. The van der Waals surface area contributed by atoms with E-state index in [-0.39, 0.29) is 17.9 Å². The lowest BCUT2D eigenvalue weighted by atomic mass is 9.93. The van der Waals surface area contributed by atoms with Gasteiger partial charge in [-0.05, 0) is 29.0 Å². The van der Waals surface area contributed by atoms with Gasteiger partial charge in [-0.3, -0.25) is 9.59 Å². The van der Waals surface area contributed by atoms with E-state index in [1.807, 2.05) is 48.5 Å². The van der Waals surface area contributed by atoms with Crippen LogP contribution in [0, 0.1) is 0 Å². The van der Waals surface area contributed by atoms with Gasteiger partial charge in [-0.25, -0.2) is 0 Å². The molecule has 1 saturated heterocycles. The predicted molar refractivity (Wildman–Crippen MR) is 123 cm³/mol. The number of nitrogens with zero attached hydrogens (tertiary/aromatic N) is 1. The largest absolute Gasteiger partial charge is 0.507 e. The first-order valence-electron chi connectivity index (χ1n) is 10.5. The number of likely N-dealkylation sites (tertiary alicyclic amines) is 1. The standard InChI is InChI=1S/C27H21NO5/c1-32-22-14-5-4-12-21(22)24-23(26(30)27(31)28(24)16-18-10-7-15-33-18)25(29)20-13-6-9-17-8-2-3-11-19(17)20/h2-15,24,29H,16H2,1H3/b25-23+. The Morgan fingerprint density at radius 1 is 0.970 bits per heavy atom. The summed E-state index contributed by atoms with van der Waals surface area (Å²) in [6, 6.07) is 22.9. The number of para-hydroxylation sites is 1. The Balaban J connectivity index is 1.75. The van der Waals surface area contributed by atoms with Crippen LogP contribution in [0.1, 0.15) is 22.9 Å². The van der Waals surface area contributed by atoms with E-state index < -0.39 is 17.7 Å².